The summed E-state index contributed by atoms with van der Waals surface area (Å²) in [6, 6.07) is 4.12. The lowest BCUT2D eigenvalue weighted by Gasteiger charge is -2.45. The molecule has 0 bridgehead atoms. The van der Waals surface area contributed by atoms with Crippen LogP contribution < -0.4 is 5.32 Å². The Morgan fingerprint density at radius 1 is 1.07 bits per heavy atom. The van der Waals surface area contributed by atoms with E-state index in [1.54, 1.807) is 24.0 Å². The van der Waals surface area contributed by atoms with E-state index in [2.05, 4.69) is 5.32 Å². The van der Waals surface area contributed by atoms with Crippen molar-refractivity contribution in [1.29, 1.82) is 0 Å². The molecule has 164 valence electrons. The van der Waals surface area contributed by atoms with Gasteiger partial charge < -0.3 is 10.2 Å². The summed E-state index contributed by atoms with van der Waals surface area (Å²) >= 11 is 0. The van der Waals surface area contributed by atoms with Gasteiger partial charge in [0.25, 0.3) is 0 Å². The first-order valence-corrected chi connectivity index (χ1v) is 12.4. The minimum absolute atomic E-state index is 0.00341. The SMILES string of the molecule is Cc1ccc(C)c(S(=O)(=O)N2CCN3C(=O)[C@H](CC4CCCCC4)NC(=O)[C@H]3C2)c1. The molecular weight excluding hydrogens is 402 g/mol. The van der Waals surface area contributed by atoms with E-state index in [1.807, 2.05) is 13.0 Å². The van der Waals surface area contributed by atoms with Gasteiger partial charge in [0.05, 0.1) is 4.90 Å². The molecule has 7 nitrogen and oxygen atoms in total. The van der Waals surface area contributed by atoms with Crippen molar-refractivity contribution in [2.45, 2.75) is 69.4 Å². The van der Waals surface area contributed by atoms with Gasteiger partial charge in [-0.25, -0.2) is 8.42 Å². The molecule has 1 aromatic carbocycles. The Bertz CT molecular complexity index is 940. The van der Waals surface area contributed by atoms with Gasteiger partial charge in [0.2, 0.25) is 21.8 Å². The summed E-state index contributed by atoms with van der Waals surface area (Å²) in [4.78, 5) is 27.7. The molecule has 1 aromatic rings. The number of nitrogens with zero attached hydrogens (tertiary/aromatic N) is 2. The van der Waals surface area contributed by atoms with Gasteiger partial charge in [-0.2, -0.15) is 4.31 Å². The van der Waals surface area contributed by atoms with E-state index in [0.717, 1.165) is 18.4 Å². The lowest BCUT2D eigenvalue weighted by atomic mass is 9.84. The quantitative estimate of drug-likeness (QED) is 0.787. The minimum Gasteiger partial charge on any atom is -0.342 e. The van der Waals surface area contributed by atoms with Crippen LogP contribution in [0.5, 0.6) is 0 Å². The zero-order valence-corrected chi connectivity index (χ0v) is 18.6. The number of piperazine rings is 2. The normalized spacial score (nSPS) is 26.4. The van der Waals surface area contributed by atoms with Crippen LogP contribution in [-0.2, 0) is 19.6 Å². The topological polar surface area (TPSA) is 86.8 Å². The lowest BCUT2D eigenvalue weighted by molar-refractivity contribution is -0.152. The Hall–Kier alpha value is -1.93. The van der Waals surface area contributed by atoms with Crippen LogP contribution in [0.2, 0.25) is 0 Å². The maximum absolute atomic E-state index is 13.2. The first-order valence-electron chi connectivity index (χ1n) is 11.0. The molecule has 0 unspecified atom stereocenters. The third-order valence-corrected chi connectivity index (χ3v) is 8.81. The van der Waals surface area contributed by atoms with Crippen molar-refractivity contribution in [3.63, 3.8) is 0 Å². The summed E-state index contributed by atoms with van der Waals surface area (Å²) in [5, 5.41) is 2.89. The molecule has 1 N–H and O–H groups in total. The van der Waals surface area contributed by atoms with Gasteiger partial charge in [-0.15, -0.1) is 0 Å². The van der Waals surface area contributed by atoms with Gasteiger partial charge in [0, 0.05) is 19.6 Å². The van der Waals surface area contributed by atoms with Crippen LogP contribution >= 0.6 is 0 Å². The maximum Gasteiger partial charge on any atom is 0.245 e. The molecule has 1 saturated carbocycles. The molecule has 30 heavy (non-hydrogen) atoms. The number of carbonyl (C=O) groups excluding carboxylic acids is 2. The molecule has 2 heterocycles. The molecule has 0 spiro atoms. The van der Waals surface area contributed by atoms with Crippen LogP contribution in [0.4, 0.5) is 0 Å². The molecule has 0 aromatic heterocycles. The van der Waals surface area contributed by atoms with Gasteiger partial charge in [0.1, 0.15) is 12.1 Å². The van der Waals surface area contributed by atoms with E-state index in [-0.39, 0.29) is 36.3 Å². The number of fused-ring (bicyclic) bond motifs is 1. The Morgan fingerprint density at radius 2 is 1.80 bits per heavy atom. The average Bonchev–Trinajstić information content (AvgIpc) is 2.74. The Labute approximate surface area is 178 Å². The van der Waals surface area contributed by atoms with E-state index in [9.17, 15) is 18.0 Å². The molecule has 2 aliphatic heterocycles. The van der Waals surface area contributed by atoms with E-state index >= 15 is 0 Å². The van der Waals surface area contributed by atoms with Crippen LogP contribution in [0.25, 0.3) is 0 Å². The molecule has 3 fully saturated rings. The summed E-state index contributed by atoms with van der Waals surface area (Å²) in [5.74, 6) is 0.181. The van der Waals surface area contributed by atoms with Gasteiger partial charge in [-0.3, -0.25) is 9.59 Å². The number of amides is 2. The summed E-state index contributed by atoms with van der Waals surface area (Å²) in [6.07, 6.45) is 6.56. The van der Waals surface area contributed by atoms with Crippen molar-refractivity contribution < 1.29 is 18.0 Å². The number of hydrogen-bond acceptors (Lipinski definition) is 4. The molecule has 8 heteroatoms. The van der Waals surface area contributed by atoms with E-state index in [4.69, 9.17) is 0 Å². The second kappa shape index (κ2) is 8.30. The number of sulfonamides is 1. The lowest BCUT2D eigenvalue weighted by Crippen LogP contribution is -2.69. The van der Waals surface area contributed by atoms with E-state index < -0.39 is 22.1 Å². The Morgan fingerprint density at radius 3 is 2.53 bits per heavy atom. The molecule has 4 rings (SSSR count). The number of benzene rings is 1. The fourth-order valence-corrected chi connectivity index (χ4v) is 6.78. The molecule has 2 amide bonds. The molecule has 0 radical (unpaired) electrons. The van der Waals surface area contributed by atoms with Crippen molar-refractivity contribution >= 4 is 21.8 Å². The molecule has 3 aliphatic rings. The monoisotopic (exact) mass is 433 g/mol. The minimum atomic E-state index is -3.73. The fraction of sp³-hybridized carbons (Fsp3) is 0.636. The smallest absolute Gasteiger partial charge is 0.245 e. The largest absolute Gasteiger partial charge is 0.342 e. The Balaban J connectivity index is 1.49. The standard InChI is InChI=1S/C22H31N3O4S/c1-15-8-9-16(2)20(12-15)30(28,29)24-10-11-25-19(14-24)21(26)23-18(22(25)27)13-17-6-4-3-5-7-17/h8-9,12,17-19H,3-7,10-11,13-14H2,1-2H3,(H,23,26)/t18-,19+/m0/s1. The van der Waals surface area contributed by atoms with Gasteiger partial charge in [-0.05, 0) is 43.4 Å². The van der Waals surface area contributed by atoms with Crippen LogP contribution in [0, 0.1) is 19.8 Å². The molecular formula is C22H31N3O4S. The first kappa shape index (κ1) is 21.3. The highest BCUT2D eigenvalue weighted by molar-refractivity contribution is 7.89. The van der Waals surface area contributed by atoms with Gasteiger partial charge in [-0.1, -0.05) is 44.2 Å². The van der Waals surface area contributed by atoms with Crippen molar-refractivity contribution in [3.8, 4) is 0 Å². The summed E-state index contributed by atoms with van der Waals surface area (Å²) in [7, 11) is -3.73. The first-order chi connectivity index (χ1) is 14.3. The highest BCUT2D eigenvalue weighted by atomic mass is 32.2. The van der Waals surface area contributed by atoms with E-state index in [1.165, 1.54) is 23.6 Å². The predicted molar refractivity (Wildman–Crippen MR) is 113 cm³/mol. The van der Waals surface area contributed by atoms with Crippen molar-refractivity contribution in [2.24, 2.45) is 5.92 Å². The van der Waals surface area contributed by atoms with Crippen molar-refractivity contribution in [3.05, 3.63) is 29.3 Å². The molecule has 2 saturated heterocycles. The van der Waals surface area contributed by atoms with Crippen molar-refractivity contribution in [2.75, 3.05) is 19.6 Å². The number of nitrogens with one attached hydrogen (secondary N) is 1. The highest BCUT2D eigenvalue weighted by Gasteiger charge is 2.46. The number of rotatable bonds is 4. The maximum atomic E-state index is 13.2. The third kappa shape index (κ3) is 3.99. The summed E-state index contributed by atoms with van der Waals surface area (Å²) in [6.45, 7) is 4.10. The average molecular weight is 434 g/mol. The number of aryl methyl sites for hydroxylation is 2. The zero-order valence-electron chi connectivity index (χ0n) is 17.8. The zero-order chi connectivity index (χ0) is 21.5. The second-order valence-electron chi connectivity index (χ2n) is 8.98. The number of hydrogen-bond donors (Lipinski definition) is 1. The summed E-state index contributed by atoms with van der Waals surface area (Å²) in [5.41, 5.74) is 1.55. The van der Waals surface area contributed by atoms with Gasteiger partial charge >= 0.3 is 0 Å². The van der Waals surface area contributed by atoms with Gasteiger partial charge in [0.15, 0.2) is 0 Å². The van der Waals surface area contributed by atoms with Crippen LogP contribution in [0.3, 0.4) is 0 Å². The predicted octanol–water partition coefficient (Wildman–Crippen LogP) is 1.97. The fourth-order valence-electron chi connectivity index (χ4n) is 5.03. The summed E-state index contributed by atoms with van der Waals surface area (Å²) < 4.78 is 27.8. The van der Waals surface area contributed by atoms with Crippen LogP contribution in [0.1, 0.15) is 49.7 Å². The second-order valence-corrected chi connectivity index (χ2v) is 10.9. The number of carbonyl (C=O) groups is 2. The molecule has 2 atom stereocenters. The Kier molecular flexibility index (Phi) is 5.90. The van der Waals surface area contributed by atoms with Crippen molar-refractivity contribution in [1.82, 2.24) is 14.5 Å². The molecule has 1 aliphatic carbocycles. The highest BCUT2D eigenvalue weighted by Crippen LogP contribution is 2.30. The van der Waals surface area contributed by atoms with E-state index in [0.29, 0.717) is 17.9 Å². The third-order valence-electron chi connectivity index (χ3n) is 6.80. The van der Waals surface area contributed by atoms with Crippen LogP contribution in [-0.4, -0.2) is 61.2 Å². The van der Waals surface area contributed by atoms with Crippen LogP contribution in [0.15, 0.2) is 23.1 Å².